The van der Waals surface area contributed by atoms with Crippen molar-refractivity contribution >= 4 is 20.9 Å². The fraction of sp³-hybridized carbons (Fsp3) is 0.478. The van der Waals surface area contributed by atoms with Crippen LogP contribution in [0.2, 0.25) is 0 Å². The van der Waals surface area contributed by atoms with Crippen LogP contribution in [0.15, 0.2) is 41.4 Å². The summed E-state index contributed by atoms with van der Waals surface area (Å²) in [6.45, 7) is 4.42. The average Bonchev–Trinajstić information content (AvgIpc) is 3.38. The second kappa shape index (κ2) is 7.91. The van der Waals surface area contributed by atoms with Crippen LogP contribution in [0.3, 0.4) is 0 Å². The summed E-state index contributed by atoms with van der Waals surface area (Å²) in [5.74, 6) is 1.23. The normalized spacial score (nSPS) is 19.9. The predicted molar refractivity (Wildman–Crippen MR) is 119 cm³/mol. The van der Waals surface area contributed by atoms with Gasteiger partial charge in [-0.25, -0.2) is 13.4 Å². The van der Waals surface area contributed by atoms with Gasteiger partial charge in [-0.05, 0) is 62.4 Å². The van der Waals surface area contributed by atoms with Crippen LogP contribution in [-0.4, -0.2) is 53.0 Å². The van der Waals surface area contributed by atoms with E-state index in [1.54, 1.807) is 10.7 Å². The van der Waals surface area contributed by atoms with Gasteiger partial charge in [0.15, 0.2) is 15.5 Å². The average molecular weight is 441 g/mol. The Bertz CT molecular complexity index is 1200. The van der Waals surface area contributed by atoms with Crippen molar-refractivity contribution in [1.29, 1.82) is 0 Å². The predicted octanol–water partition coefficient (Wildman–Crippen LogP) is 3.11. The number of fused-ring (bicyclic) bond motifs is 1. The number of pyridine rings is 1. The fourth-order valence-corrected chi connectivity index (χ4v) is 5.96. The Morgan fingerprint density at radius 1 is 1.16 bits per heavy atom. The first kappa shape index (κ1) is 20.5. The van der Waals surface area contributed by atoms with E-state index in [4.69, 9.17) is 4.74 Å². The van der Waals surface area contributed by atoms with Gasteiger partial charge in [-0.3, -0.25) is 9.58 Å². The van der Waals surface area contributed by atoms with E-state index in [-0.39, 0.29) is 11.7 Å². The molecule has 164 valence electrons. The van der Waals surface area contributed by atoms with E-state index in [1.165, 1.54) is 11.8 Å². The zero-order valence-electron chi connectivity index (χ0n) is 18.0. The molecule has 0 bridgehead atoms. The monoisotopic (exact) mass is 440 g/mol. The zero-order chi connectivity index (χ0) is 21.6. The first-order valence-corrected chi connectivity index (χ1v) is 12.5. The summed E-state index contributed by atoms with van der Waals surface area (Å²) < 4.78 is 33.6. The van der Waals surface area contributed by atoms with E-state index < -0.39 is 9.84 Å². The fourth-order valence-electron chi connectivity index (χ4n) is 4.37. The van der Waals surface area contributed by atoms with Crippen LogP contribution in [0.5, 0.6) is 5.75 Å². The van der Waals surface area contributed by atoms with Crippen molar-refractivity contribution in [1.82, 2.24) is 19.7 Å². The second-order valence-corrected chi connectivity index (χ2v) is 10.9. The molecule has 5 rings (SSSR count). The molecular formula is C23H28N4O3S. The number of benzene rings is 1. The van der Waals surface area contributed by atoms with E-state index in [9.17, 15) is 8.42 Å². The number of aryl methyl sites for hydroxylation is 2. The lowest BCUT2D eigenvalue weighted by Crippen LogP contribution is -2.23. The molecule has 1 saturated carbocycles. The molecule has 3 aromatic rings. The third-order valence-corrected chi connectivity index (χ3v) is 8.03. The molecule has 0 unspecified atom stereocenters. The van der Waals surface area contributed by atoms with Gasteiger partial charge in [0.2, 0.25) is 0 Å². The Labute approximate surface area is 182 Å². The molecule has 1 aromatic carbocycles. The number of likely N-dealkylation sites (tertiary alicyclic amines) is 1. The van der Waals surface area contributed by atoms with E-state index in [0.29, 0.717) is 16.6 Å². The molecular weight excluding hydrogens is 412 g/mol. The van der Waals surface area contributed by atoms with Crippen LogP contribution < -0.4 is 4.74 Å². The minimum absolute atomic E-state index is 0.133. The van der Waals surface area contributed by atoms with E-state index in [0.717, 1.165) is 55.7 Å². The third kappa shape index (κ3) is 4.45. The van der Waals surface area contributed by atoms with Crippen molar-refractivity contribution in [3.8, 4) is 5.75 Å². The Morgan fingerprint density at radius 3 is 2.68 bits per heavy atom. The number of ether oxygens (including phenoxy) is 1. The van der Waals surface area contributed by atoms with Gasteiger partial charge >= 0.3 is 0 Å². The summed E-state index contributed by atoms with van der Waals surface area (Å²) in [7, 11) is -1.58. The van der Waals surface area contributed by atoms with Gasteiger partial charge < -0.3 is 4.74 Å². The molecule has 0 amide bonds. The summed E-state index contributed by atoms with van der Waals surface area (Å²) in [6.07, 6.45) is 5.09. The standard InChI is InChI=1S/C23H28N4O3S/c1-16-22-11-21(12-24-23(22)26(2)25-16)31(28,29)15-18-9-10-27(14-18)13-17-3-5-19(6-4-17)30-20-7-8-20/h3-6,11-12,18,20H,7-10,13-15H2,1-2H3/t18-/m1/s1. The van der Waals surface area contributed by atoms with Crippen LogP contribution in [0.4, 0.5) is 0 Å². The van der Waals surface area contributed by atoms with Crippen LogP contribution in [0.1, 0.15) is 30.5 Å². The molecule has 2 aliphatic rings. The van der Waals surface area contributed by atoms with Crippen molar-refractivity contribution in [3.63, 3.8) is 0 Å². The quantitative estimate of drug-likeness (QED) is 0.562. The first-order chi connectivity index (χ1) is 14.9. The molecule has 2 aromatic heterocycles. The van der Waals surface area contributed by atoms with Gasteiger partial charge in [0.05, 0.1) is 22.4 Å². The first-order valence-electron chi connectivity index (χ1n) is 10.9. The Morgan fingerprint density at radius 2 is 1.94 bits per heavy atom. The molecule has 0 radical (unpaired) electrons. The Kier molecular flexibility index (Phi) is 5.22. The lowest BCUT2D eigenvalue weighted by atomic mass is 10.1. The summed E-state index contributed by atoms with van der Waals surface area (Å²) in [6, 6.07) is 10.0. The molecule has 8 heteroatoms. The highest BCUT2D eigenvalue weighted by Crippen LogP contribution is 2.28. The molecule has 1 saturated heterocycles. The lowest BCUT2D eigenvalue weighted by Gasteiger charge is -2.16. The van der Waals surface area contributed by atoms with Gasteiger partial charge in [-0.2, -0.15) is 5.10 Å². The SMILES string of the molecule is Cc1nn(C)c2ncc(S(=O)(=O)C[C@@H]3CCN(Cc4ccc(OC5CC5)cc4)C3)cc12. The topological polar surface area (TPSA) is 77.3 Å². The molecule has 2 fully saturated rings. The molecule has 0 spiro atoms. The minimum Gasteiger partial charge on any atom is -0.490 e. The highest BCUT2D eigenvalue weighted by Gasteiger charge is 2.29. The molecule has 0 N–H and O–H groups in total. The van der Waals surface area contributed by atoms with Crippen LogP contribution >= 0.6 is 0 Å². The van der Waals surface area contributed by atoms with E-state index >= 15 is 0 Å². The van der Waals surface area contributed by atoms with E-state index in [2.05, 4.69) is 27.1 Å². The highest BCUT2D eigenvalue weighted by molar-refractivity contribution is 7.91. The Balaban J connectivity index is 1.21. The number of hydrogen-bond acceptors (Lipinski definition) is 6. The largest absolute Gasteiger partial charge is 0.490 e. The van der Waals surface area contributed by atoms with Gasteiger partial charge in [-0.1, -0.05) is 12.1 Å². The maximum absolute atomic E-state index is 13.0. The molecule has 1 atom stereocenters. The van der Waals surface area contributed by atoms with Crippen LogP contribution in [-0.2, 0) is 23.4 Å². The van der Waals surface area contributed by atoms with Gasteiger partial charge in [0, 0.05) is 31.7 Å². The second-order valence-electron chi connectivity index (χ2n) is 8.88. The number of aromatic nitrogens is 3. The summed E-state index contributed by atoms with van der Waals surface area (Å²) >= 11 is 0. The minimum atomic E-state index is -3.39. The highest BCUT2D eigenvalue weighted by atomic mass is 32.2. The van der Waals surface area contributed by atoms with Crippen molar-refractivity contribution in [2.45, 2.75) is 43.7 Å². The summed E-state index contributed by atoms with van der Waals surface area (Å²) in [4.78, 5) is 6.97. The third-order valence-electron chi connectivity index (χ3n) is 6.18. The molecule has 1 aliphatic heterocycles. The van der Waals surface area contributed by atoms with Gasteiger partial charge in [-0.15, -0.1) is 0 Å². The number of rotatable bonds is 7. The van der Waals surface area contributed by atoms with Crippen molar-refractivity contribution in [2.75, 3.05) is 18.8 Å². The summed E-state index contributed by atoms with van der Waals surface area (Å²) in [5.41, 5.74) is 2.73. The molecule has 31 heavy (non-hydrogen) atoms. The number of sulfone groups is 1. The Hall–Kier alpha value is -2.45. The number of nitrogens with zero attached hydrogens (tertiary/aromatic N) is 4. The van der Waals surface area contributed by atoms with Crippen molar-refractivity contribution in [2.24, 2.45) is 13.0 Å². The van der Waals surface area contributed by atoms with Crippen molar-refractivity contribution in [3.05, 3.63) is 47.8 Å². The zero-order valence-corrected chi connectivity index (χ0v) is 18.8. The smallest absolute Gasteiger partial charge is 0.180 e. The van der Waals surface area contributed by atoms with Gasteiger partial charge in [0.1, 0.15) is 5.75 Å². The molecule has 3 heterocycles. The molecule has 7 nitrogen and oxygen atoms in total. The maximum Gasteiger partial charge on any atom is 0.180 e. The van der Waals surface area contributed by atoms with Gasteiger partial charge in [0.25, 0.3) is 0 Å². The van der Waals surface area contributed by atoms with Crippen LogP contribution in [0, 0.1) is 12.8 Å². The lowest BCUT2D eigenvalue weighted by molar-refractivity contribution is 0.302. The van der Waals surface area contributed by atoms with E-state index in [1.807, 2.05) is 26.1 Å². The molecule has 1 aliphatic carbocycles. The van der Waals surface area contributed by atoms with Crippen molar-refractivity contribution < 1.29 is 13.2 Å². The number of hydrogen-bond donors (Lipinski definition) is 0. The summed E-state index contributed by atoms with van der Waals surface area (Å²) in [5, 5.41) is 5.13. The van der Waals surface area contributed by atoms with Crippen LogP contribution in [0.25, 0.3) is 11.0 Å². The maximum atomic E-state index is 13.0.